The second-order valence-corrected chi connectivity index (χ2v) is 5.65. The summed E-state index contributed by atoms with van der Waals surface area (Å²) in [6.07, 6.45) is 2.64. The maximum absolute atomic E-state index is 6.17. The Labute approximate surface area is 114 Å². The molecule has 1 rings (SSSR count). The molecule has 0 radical (unpaired) electrons. The van der Waals surface area contributed by atoms with E-state index in [9.17, 15) is 0 Å². The van der Waals surface area contributed by atoms with Gasteiger partial charge in [-0.15, -0.1) is 0 Å². The lowest BCUT2D eigenvalue weighted by Gasteiger charge is -2.24. The standard InChI is InChI=1S/C12H23ClN4O/c1-5-6-17-11(9(13)7-15-17)10(16-14)8-18-12(2,3)4/h7,10,16H,5-6,8,14H2,1-4H3. The molecule has 5 nitrogen and oxygen atoms in total. The number of nitrogens with one attached hydrogen (secondary N) is 1. The Kier molecular flexibility index (Phi) is 5.59. The van der Waals surface area contributed by atoms with Gasteiger partial charge in [0.1, 0.15) is 0 Å². The largest absolute Gasteiger partial charge is 0.374 e. The molecule has 0 spiro atoms. The monoisotopic (exact) mass is 274 g/mol. The summed E-state index contributed by atoms with van der Waals surface area (Å²) in [5.41, 5.74) is 3.42. The Hall–Kier alpha value is -0.620. The van der Waals surface area contributed by atoms with Gasteiger partial charge >= 0.3 is 0 Å². The molecule has 0 bridgehead atoms. The van der Waals surface area contributed by atoms with E-state index in [0.717, 1.165) is 18.7 Å². The number of ether oxygens (including phenoxy) is 1. The molecule has 0 aliphatic carbocycles. The Balaban J connectivity index is 2.84. The highest BCUT2D eigenvalue weighted by Gasteiger charge is 2.22. The first-order valence-corrected chi connectivity index (χ1v) is 6.58. The van der Waals surface area contributed by atoms with Crippen molar-refractivity contribution in [1.29, 1.82) is 0 Å². The first-order valence-electron chi connectivity index (χ1n) is 6.20. The molecule has 0 aliphatic heterocycles. The lowest BCUT2D eigenvalue weighted by atomic mass is 10.1. The molecular formula is C12H23ClN4O. The SMILES string of the molecule is CCCn1ncc(Cl)c1C(COC(C)(C)C)NN. The van der Waals surface area contributed by atoms with Gasteiger partial charge in [-0.2, -0.15) is 5.10 Å². The summed E-state index contributed by atoms with van der Waals surface area (Å²) >= 11 is 6.17. The van der Waals surface area contributed by atoms with E-state index in [1.807, 2.05) is 25.5 Å². The average Bonchev–Trinajstić information content (AvgIpc) is 2.62. The number of hydrogen-bond donors (Lipinski definition) is 2. The molecule has 0 saturated carbocycles. The fraction of sp³-hybridized carbons (Fsp3) is 0.750. The molecule has 0 aliphatic rings. The van der Waals surface area contributed by atoms with E-state index in [-0.39, 0.29) is 11.6 Å². The van der Waals surface area contributed by atoms with Gasteiger partial charge in [0, 0.05) is 6.54 Å². The van der Waals surface area contributed by atoms with Crippen LogP contribution in [0.4, 0.5) is 0 Å². The van der Waals surface area contributed by atoms with Crippen LogP contribution in [-0.4, -0.2) is 22.0 Å². The molecule has 1 aromatic heterocycles. The average molecular weight is 275 g/mol. The Bertz CT molecular complexity index is 373. The van der Waals surface area contributed by atoms with E-state index in [0.29, 0.717) is 11.6 Å². The second kappa shape index (κ2) is 6.52. The quantitative estimate of drug-likeness (QED) is 0.617. The van der Waals surface area contributed by atoms with Gasteiger partial charge < -0.3 is 4.74 Å². The number of halogens is 1. The van der Waals surface area contributed by atoms with E-state index in [2.05, 4.69) is 17.4 Å². The zero-order valence-corrected chi connectivity index (χ0v) is 12.3. The van der Waals surface area contributed by atoms with E-state index < -0.39 is 0 Å². The third-order valence-corrected chi connectivity index (χ3v) is 2.77. The van der Waals surface area contributed by atoms with Gasteiger partial charge in [-0.25, -0.2) is 5.43 Å². The third-order valence-electron chi connectivity index (χ3n) is 2.48. The van der Waals surface area contributed by atoms with Crippen LogP contribution in [0, 0.1) is 0 Å². The number of aromatic nitrogens is 2. The summed E-state index contributed by atoms with van der Waals surface area (Å²) in [5, 5.41) is 4.87. The number of rotatable bonds is 6. The Morgan fingerprint density at radius 1 is 1.56 bits per heavy atom. The predicted octanol–water partition coefficient (Wildman–Crippen LogP) is 2.27. The summed E-state index contributed by atoms with van der Waals surface area (Å²) in [5.74, 6) is 5.60. The van der Waals surface area contributed by atoms with Crippen molar-refractivity contribution in [3.63, 3.8) is 0 Å². The normalized spacial score (nSPS) is 13.9. The molecule has 0 aromatic carbocycles. The smallest absolute Gasteiger partial charge is 0.0877 e. The van der Waals surface area contributed by atoms with Crippen LogP contribution < -0.4 is 11.3 Å². The number of nitrogens with two attached hydrogens (primary N) is 1. The zero-order chi connectivity index (χ0) is 13.8. The molecule has 1 aromatic rings. The molecule has 1 atom stereocenters. The number of aryl methyl sites for hydroxylation is 1. The van der Waals surface area contributed by atoms with E-state index in [1.54, 1.807) is 6.20 Å². The van der Waals surface area contributed by atoms with Crippen molar-refractivity contribution in [3.05, 3.63) is 16.9 Å². The zero-order valence-electron chi connectivity index (χ0n) is 11.5. The third kappa shape index (κ3) is 4.24. The highest BCUT2D eigenvalue weighted by Crippen LogP contribution is 2.24. The maximum Gasteiger partial charge on any atom is 0.0877 e. The molecular weight excluding hydrogens is 252 g/mol. The van der Waals surface area contributed by atoms with Crippen molar-refractivity contribution in [3.8, 4) is 0 Å². The van der Waals surface area contributed by atoms with Gasteiger partial charge in [-0.3, -0.25) is 10.5 Å². The molecule has 104 valence electrons. The maximum atomic E-state index is 6.17. The van der Waals surface area contributed by atoms with Gasteiger partial charge in [0.05, 0.1) is 35.2 Å². The van der Waals surface area contributed by atoms with Crippen molar-refractivity contribution in [2.24, 2.45) is 5.84 Å². The molecule has 6 heteroatoms. The van der Waals surface area contributed by atoms with Crippen LogP contribution in [0.1, 0.15) is 45.9 Å². The van der Waals surface area contributed by atoms with Crippen molar-refractivity contribution in [2.45, 2.75) is 52.3 Å². The first-order chi connectivity index (χ1) is 8.39. The van der Waals surface area contributed by atoms with Crippen molar-refractivity contribution in [1.82, 2.24) is 15.2 Å². The molecule has 0 fully saturated rings. The van der Waals surface area contributed by atoms with Crippen LogP contribution in [0.5, 0.6) is 0 Å². The Morgan fingerprint density at radius 2 is 2.22 bits per heavy atom. The summed E-state index contributed by atoms with van der Waals surface area (Å²) < 4.78 is 7.63. The summed E-state index contributed by atoms with van der Waals surface area (Å²) in [6.45, 7) is 9.38. The topological polar surface area (TPSA) is 65.1 Å². The molecule has 0 amide bonds. The van der Waals surface area contributed by atoms with E-state index >= 15 is 0 Å². The van der Waals surface area contributed by atoms with E-state index in [1.165, 1.54) is 0 Å². The predicted molar refractivity (Wildman–Crippen MR) is 73.3 cm³/mol. The molecule has 1 heterocycles. The number of hydrogen-bond acceptors (Lipinski definition) is 4. The van der Waals surface area contributed by atoms with Crippen LogP contribution in [-0.2, 0) is 11.3 Å². The van der Waals surface area contributed by atoms with Gasteiger partial charge in [-0.1, -0.05) is 18.5 Å². The van der Waals surface area contributed by atoms with Crippen molar-refractivity contribution in [2.75, 3.05) is 6.61 Å². The van der Waals surface area contributed by atoms with Crippen molar-refractivity contribution >= 4 is 11.6 Å². The fourth-order valence-electron chi connectivity index (χ4n) is 1.65. The molecule has 18 heavy (non-hydrogen) atoms. The highest BCUT2D eigenvalue weighted by molar-refractivity contribution is 6.31. The van der Waals surface area contributed by atoms with Crippen LogP contribution in [0.25, 0.3) is 0 Å². The number of hydrazine groups is 1. The fourth-order valence-corrected chi connectivity index (χ4v) is 1.92. The summed E-state index contributed by atoms with van der Waals surface area (Å²) in [7, 11) is 0. The van der Waals surface area contributed by atoms with Crippen LogP contribution in [0.2, 0.25) is 5.02 Å². The highest BCUT2D eigenvalue weighted by atomic mass is 35.5. The van der Waals surface area contributed by atoms with Crippen LogP contribution in [0.3, 0.4) is 0 Å². The lowest BCUT2D eigenvalue weighted by Crippen LogP contribution is -2.35. The second-order valence-electron chi connectivity index (χ2n) is 5.24. The Morgan fingerprint density at radius 3 is 2.72 bits per heavy atom. The van der Waals surface area contributed by atoms with Gasteiger partial charge in [0.2, 0.25) is 0 Å². The minimum Gasteiger partial charge on any atom is -0.374 e. The minimum absolute atomic E-state index is 0.161. The van der Waals surface area contributed by atoms with E-state index in [4.69, 9.17) is 22.2 Å². The summed E-state index contributed by atoms with van der Waals surface area (Å²) in [6, 6.07) is -0.161. The van der Waals surface area contributed by atoms with Gasteiger partial charge in [0.25, 0.3) is 0 Å². The minimum atomic E-state index is -0.211. The van der Waals surface area contributed by atoms with Gasteiger partial charge in [-0.05, 0) is 27.2 Å². The summed E-state index contributed by atoms with van der Waals surface area (Å²) in [4.78, 5) is 0. The molecule has 3 N–H and O–H groups in total. The van der Waals surface area contributed by atoms with Gasteiger partial charge in [0.15, 0.2) is 0 Å². The van der Waals surface area contributed by atoms with Crippen molar-refractivity contribution < 1.29 is 4.74 Å². The lowest BCUT2D eigenvalue weighted by molar-refractivity contribution is -0.0158. The number of nitrogens with zero attached hydrogens (tertiary/aromatic N) is 2. The van der Waals surface area contributed by atoms with Crippen LogP contribution in [0.15, 0.2) is 6.20 Å². The first kappa shape index (κ1) is 15.4. The molecule has 1 unspecified atom stereocenters. The molecule has 0 saturated heterocycles. The van der Waals surface area contributed by atoms with Crippen LogP contribution >= 0.6 is 11.6 Å².